The van der Waals surface area contributed by atoms with E-state index in [4.69, 9.17) is 0 Å². The standard InChI is InChI=1S/C14H22N4/c1-2-4-13(3-1)18-8-5-12(11-18)9-17-14-10-15-6-7-16-14/h6-7,10,12-13H,1-5,8-9,11H2,(H,16,17)/t12-/m0/s1. The quantitative estimate of drug-likeness (QED) is 0.884. The van der Waals surface area contributed by atoms with Crippen LogP contribution < -0.4 is 5.32 Å². The highest BCUT2D eigenvalue weighted by molar-refractivity contribution is 5.29. The largest absolute Gasteiger partial charge is 0.368 e. The molecule has 4 nitrogen and oxygen atoms in total. The van der Waals surface area contributed by atoms with Gasteiger partial charge in [-0.05, 0) is 31.7 Å². The van der Waals surface area contributed by atoms with Gasteiger partial charge in [-0.2, -0.15) is 0 Å². The molecule has 0 radical (unpaired) electrons. The Labute approximate surface area is 109 Å². The Hall–Kier alpha value is -1.16. The molecule has 0 unspecified atom stereocenters. The molecule has 1 aliphatic carbocycles. The molecule has 1 aromatic heterocycles. The van der Waals surface area contributed by atoms with Crippen molar-refractivity contribution in [3.63, 3.8) is 0 Å². The summed E-state index contributed by atoms with van der Waals surface area (Å²) in [4.78, 5) is 11.0. The van der Waals surface area contributed by atoms with Gasteiger partial charge in [0.05, 0.1) is 6.20 Å². The highest BCUT2D eigenvalue weighted by atomic mass is 15.2. The maximum atomic E-state index is 4.25. The van der Waals surface area contributed by atoms with Gasteiger partial charge in [0.2, 0.25) is 0 Å². The third-order valence-corrected chi connectivity index (χ3v) is 4.29. The van der Waals surface area contributed by atoms with Gasteiger partial charge in [0.25, 0.3) is 0 Å². The molecule has 1 saturated heterocycles. The minimum atomic E-state index is 0.771. The average molecular weight is 246 g/mol. The first-order valence-electron chi connectivity index (χ1n) is 7.16. The van der Waals surface area contributed by atoms with Gasteiger partial charge in [-0.1, -0.05) is 12.8 Å². The summed E-state index contributed by atoms with van der Waals surface area (Å²) < 4.78 is 0. The minimum absolute atomic E-state index is 0.771. The maximum absolute atomic E-state index is 4.25. The minimum Gasteiger partial charge on any atom is -0.368 e. The van der Waals surface area contributed by atoms with Gasteiger partial charge in [0, 0.05) is 31.5 Å². The molecule has 0 spiro atoms. The van der Waals surface area contributed by atoms with E-state index in [1.807, 2.05) is 0 Å². The molecule has 1 N–H and O–H groups in total. The van der Waals surface area contributed by atoms with Crippen molar-refractivity contribution >= 4 is 5.82 Å². The van der Waals surface area contributed by atoms with Crippen LogP contribution in [-0.2, 0) is 0 Å². The van der Waals surface area contributed by atoms with E-state index in [1.165, 1.54) is 45.2 Å². The number of nitrogens with zero attached hydrogens (tertiary/aromatic N) is 3. The zero-order chi connectivity index (χ0) is 12.2. The van der Waals surface area contributed by atoms with E-state index in [2.05, 4.69) is 20.2 Å². The van der Waals surface area contributed by atoms with Crippen molar-refractivity contribution in [2.45, 2.75) is 38.1 Å². The van der Waals surface area contributed by atoms with Crippen LogP contribution >= 0.6 is 0 Å². The molecule has 1 aliphatic heterocycles. The first kappa shape index (κ1) is 11.9. The van der Waals surface area contributed by atoms with Crippen molar-refractivity contribution in [1.29, 1.82) is 0 Å². The van der Waals surface area contributed by atoms with Crippen molar-refractivity contribution < 1.29 is 0 Å². The Bertz CT molecular complexity index is 361. The summed E-state index contributed by atoms with van der Waals surface area (Å²) in [5.41, 5.74) is 0. The third-order valence-electron chi connectivity index (χ3n) is 4.29. The van der Waals surface area contributed by atoms with Crippen molar-refractivity contribution in [1.82, 2.24) is 14.9 Å². The molecular formula is C14H22N4. The lowest BCUT2D eigenvalue weighted by molar-refractivity contribution is 0.238. The van der Waals surface area contributed by atoms with E-state index in [0.29, 0.717) is 0 Å². The van der Waals surface area contributed by atoms with Crippen LogP contribution in [0.5, 0.6) is 0 Å². The monoisotopic (exact) mass is 246 g/mol. The molecule has 1 saturated carbocycles. The molecule has 0 aromatic carbocycles. The van der Waals surface area contributed by atoms with Crippen LogP contribution in [0.15, 0.2) is 18.6 Å². The lowest BCUT2D eigenvalue weighted by Crippen LogP contribution is -2.31. The summed E-state index contributed by atoms with van der Waals surface area (Å²) in [7, 11) is 0. The lowest BCUT2D eigenvalue weighted by atomic mass is 10.1. The highest BCUT2D eigenvalue weighted by Crippen LogP contribution is 2.28. The van der Waals surface area contributed by atoms with Crippen molar-refractivity contribution in [2.75, 3.05) is 25.0 Å². The molecule has 0 amide bonds. The fourth-order valence-electron chi connectivity index (χ4n) is 3.27. The lowest BCUT2D eigenvalue weighted by Gasteiger charge is -2.23. The Morgan fingerprint density at radius 2 is 2.11 bits per heavy atom. The van der Waals surface area contributed by atoms with E-state index >= 15 is 0 Å². The highest BCUT2D eigenvalue weighted by Gasteiger charge is 2.29. The summed E-state index contributed by atoms with van der Waals surface area (Å²) in [6.07, 6.45) is 12.3. The van der Waals surface area contributed by atoms with Gasteiger partial charge >= 0.3 is 0 Å². The summed E-state index contributed by atoms with van der Waals surface area (Å²) in [5, 5.41) is 3.40. The predicted octanol–water partition coefficient (Wildman–Crippen LogP) is 2.15. The maximum Gasteiger partial charge on any atom is 0.144 e. The Kier molecular flexibility index (Phi) is 3.74. The molecule has 1 aromatic rings. The summed E-state index contributed by atoms with van der Waals surface area (Å²) in [5.74, 6) is 1.67. The molecule has 3 rings (SSSR count). The summed E-state index contributed by atoms with van der Waals surface area (Å²) >= 11 is 0. The molecule has 2 fully saturated rings. The van der Waals surface area contributed by atoms with Gasteiger partial charge in [-0.3, -0.25) is 4.98 Å². The van der Waals surface area contributed by atoms with Crippen LogP contribution in [-0.4, -0.2) is 40.5 Å². The van der Waals surface area contributed by atoms with Gasteiger partial charge in [0.1, 0.15) is 5.82 Å². The molecule has 4 heteroatoms. The molecular weight excluding hydrogens is 224 g/mol. The first-order valence-corrected chi connectivity index (χ1v) is 7.16. The average Bonchev–Trinajstić information content (AvgIpc) is 3.08. The van der Waals surface area contributed by atoms with Crippen LogP contribution in [0.2, 0.25) is 0 Å². The topological polar surface area (TPSA) is 41.1 Å². The number of aromatic nitrogens is 2. The van der Waals surface area contributed by atoms with Gasteiger partial charge < -0.3 is 10.2 Å². The fraction of sp³-hybridized carbons (Fsp3) is 0.714. The van der Waals surface area contributed by atoms with Gasteiger partial charge in [-0.15, -0.1) is 0 Å². The summed E-state index contributed by atoms with van der Waals surface area (Å²) in [6.45, 7) is 3.58. The number of likely N-dealkylation sites (tertiary alicyclic amines) is 1. The normalized spacial score (nSPS) is 25.7. The molecule has 2 heterocycles. The summed E-state index contributed by atoms with van der Waals surface area (Å²) in [6, 6.07) is 0.881. The number of rotatable bonds is 4. The second kappa shape index (κ2) is 5.65. The van der Waals surface area contributed by atoms with Crippen LogP contribution in [0.1, 0.15) is 32.1 Å². The molecule has 2 aliphatic rings. The van der Waals surface area contributed by atoms with Gasteiger partial charge in [-0.25, -0.2) is 4.98 Å². The zero-order valence-electron chi connectivity index (χ0n) is 10.9. The SMILES string of the molecule is c1cnc(NC[C@@H]2CCN(C3CCCC3)C2)cn1. The second-order valence-corrected chi connectivity index (χ2v) is 5.56. The number of hydrogen-bond acceptors (Lipinski definition) is 4. The second-order valence-electron chi connectivity index (χ2n) is 5.56. The number of anilines is 1. The molecule has 18 heavy (non-hydrogen) atoms. The van der Waals surface area contributed by atoms with E-state index in [9.17, 15) is 0 Å². The van der Waals surface area contributed by atoms with Crippen LogP contribution in [0, 0.1) is 5.92 Å². The van der Waals surface area contributed by atoms with E-state index in [0.717, 1.165) is 24.3 Å². The fourth-order valence-corrected chi connectivity index (χ4v) is 3.27. The van der Waals surface area contributed by atoms with Crippen LogP contribution in [0.4, 0.5) is 5.82 Å². The number of hydrogen-bond donors (Lipinski definition) is 1. The van der Waals surface area contributed by atoms with Crippen molar-refractivity contribution in [3.8, 4) is 0 Å². The van der Waals surface area contributed by atoms with Crippen LogP contribution in [0.25, 0.3) is 0 Å². The smallest absolute Gasteiger partial charge is 0.144 e. The first-order chi connectivity index (χ1) is 8.92. The predicted molar refractivity (Wildman–Crippen MR) is 72.5 cm³/mol. The van der Waals surface area contributed by atoms with Crippen molar-refractivity contribution in [2.24, 2.45) is 5.92 Å². The van der Waals surface area contributed by atoms with E-state index in [1.54, 1.807) is 18.6 Å². The Morgan fingerprint density at radius 1 is 1.22 bits per heavy atom. The number of nitrogens with one attached hydrogen (secondary N) is 1. The van der Waals surface area contributed by atoms with Gasteiger partial charge in [0.15, 0.2) is 0 Å². The zero-order valence-corrected chi connectivity index (χ0v) is 10.9. The Morgan fingerprint density at radius 3 is 2.89 bits per heavy atom. The van der Waals surface area contributed by atoms with E-state index < -0.39 is 0 Å². The van der Waals surface area contributed by atoms with E-state index in [-0.39, 0.29) is 0 Å². The molecule has 98 valence electrons. The van der Waals surface area contributed by atoms with Crippen molar-refractivity contribution in [3.05, 3.63) is 18.6 Å². The van der Waals surface area contributed by atoms with Crippen LogP contribution in [0.3, 0.4) is 0 Å². The molecule has 1 atom stereocenters. The third kappa shape index (κ3) is 2.80. The molecule has 0 bridgehead atoms. The Balaban J connectivity index is 1.45.